The topological polar surface area (TPSA) is 103 Å². The van der Waals surface area contributed by atoms with Crippen molar-refractivity contribution in [3.05, 3.63) is 48.0 Å². The Morgan fingerprint density at radius 3 is 2.73 bits per heavy atom. The predicted octanol–water partition coefficient (Wildman–Crippen LogP) is 2.98. The molecular weight excluding hydrogens is 356 g/mol. The van der Waals surface area contributed by atoms with Crippen molar-refractivity contribution in [1.29, 1.82) is 0 Å². The van der Waals surface area contributed by atoms with Crippen molar-refractivity contribution in [2.75, 3.05) is 5.32 Å². The van der Waals surface area contributed by atoms with Crippen LogP contribution in [0.25, 0.3) is 5.69 Å². The molecular formula is C16H19ClN8O. The van der Waals surface area contributed by atoms with E-state index in [0.29, 0.717) is 22.2 Å². The van der Waals surface area contributed by atoms with E-state index in [4.69, 9.17) is 11.6 Å². The maximum absolute atomic E-state index is 12.5. The number of halogens is 1. The van der Waals surface area contributed by atoms with Gasteiger partial charge in [0.1, 0.15) is 19.0 Å². The molecule has 2 amide bonds. The lowest BCUT2D eigenvalue weighted by Crippen LogP contribution is -2.33. The molecule has 0 fully saturated rings. The van der Waals surface area contributed by atoms with Gasteiger partial charge in [0.15, 0.2) is 5.82 Å². The zero-order valence-electron chi connectivity index (χ0n) is 14.6. The second-order valence-electron chi connectivity index (χ2n) is 6.01. The molecule has 0 saturated heterocycles. The molecule has 2 N–H and O–H groups in total. The Morgan fingerprint density at radius 2 is 2.04 bits per heavy atom. The van der Waals surface area contributed by atoms with Crippen LogP contribution in [-0.2, 0) is 0 Å². The summed E-state index contributed by atoms with van der Waals surface area (Å²) >= 11 is 6.07. The zero-order valence-corrected chi connectivity index (χ0v) is 15.3. The molecule has 3 aromatic rings. The van der Waals surface area contributed by atoms with Crippen LogP contribution >= 0.6 is 11.6 Å². The standard InChI is InChI=1S/C16H19ClN8O/c1-10(2)24-9-19-23-15(24)11(3)21-16(26)22-13-6-12(17)4-5-14(13)25-8-18-7-20-25/h4-11H,1-3H3,(H2,21,22,26)/t11-/m0/s1. The Balaban J connectivity index is 1.76. The van der Waals surface area contributed by atoms with Crippen LogP contribution < -0.4 is 10.6 Å². The van der Waals surface area contributed by atoms with E-state index in [1.54, 1.807) is 35.5 Å². The first-order valence-electron chi connectivity index (χ1n) is 8.07. The Labute approximate surface area is 155 Å². The molecule has 0 aliphatic carbocycles. The van der Waals surface area contributed by atoms with Crippen LogP contribution in [0, 0.1) is 0 Å². The molecule has 1 atom stereocenters. The molecule has 0 spiro atoms. The van der Waals surface area contributed by atoms with Crippen LogP contribution in [0.5, 0.6) is 0 Å². The minimum atomic E-state index is -0.389. The first-order chi connectivity index (χ1) is 12.5. The number of urea groups is 1. The summed E-state index contributed by atoms with van der Waals surface area (Å²) in [4.78, 5) is 16.4. The van der Waals surface area contributed by atoms with Crippen LogP contribution in [0.15, 0.2) is 37.2 Å². The van der Waals surface area contributed by atoms with E-state index in [2.05, 4.69) is 30.9 Å². The number of carbonyl (C=O) groups is 1. The highest BCUT2D eigenvalue weighted by Crippen LogP contribution is 2.24. The number of hydrogen-bond donors (Lipinski definition) is 2. The van der Waals surface area contributed by atoms with E-state index in [-0.39, 0.29) is 18.1 Å². The summed E-state index contributed by atoms with van der Waals surface area (Å²) in [5, 5.41) is 18.3. The van der Waals surface area contributed by atoms with Crippen LogP contribution in [0.3, 0.4) is 0 Å². The Bertz CT molecular complexity index is 890. The van der Waals surface area contributed by atoms with Crippen molar-refractivity contribution < 1.29 is 4.79 Å². The number of carbonyl (C=O) groups excluding carboxylic acids is 1. The van der Waals surface area contributed by atoms with Crippen molar-refractivity contribution in [3.63, 3.8) is 0 Å². The third kappa shape index (κ3) is 3.83. The highest BCUT2D eigenvalue weighted by Gasteiger charge is 2.18. The fourth-order valence-corrected chi connectivity index (χ4v) is 2.69. The zero-order chi connectivity index (χ0) is 18.7. The number of amides is 2. The quantitative estimate of drug-likeness (QED) is 0.714. The molecule has 0 radical (unpaired) electrons. The molecule has 0 aliphatic heterocycles. The molecule has 1 aromatic carbocycles. The summed E-state index contributed by atoms with van der Waals surface area (Å²) in [6.07, 6.45) is 4.61. The lowest BCUT2D eigenvalue weighted by atomic mass is 10.2. The van der Waals surface area contributed by atoms with Gasteiger partial charge in [0.2, 0.25) is 0 Å². The minimum absolute atomic E-state index is 0.194. The molecule has 0 aliphatic rings. The van der Waals surface area contributed by atoms with Gasteiger partial charge in [-0.3, -0.25) is 0 Å². The van der Waals surface area contributed by atoms with Gasteiger partial charge in [0, 0.05) is 11.1 Å². The highest BCUT2D eigenvalue weighted by molar-refractivity contribution is 6.31. The number of hydrogen-bond acceptors (Lipinski definition) is 5. The van der Waals surface area contributed by atoms with Crippen molar-refractivity contribution in [3.8, 4) is 5.69 Å². The SMILES string of the molecule is CC(C)n1cnnc1[C@H](C)NC(=O)Nc1cc(Cl)ccc1-n1cncn1. The smallest absolute Gasteiger partial charge is 0.319 e. The van der Waals surface area contributed by atoms with E-state index in [1.807, 2.05) is 25.3 Å². The second-order valence-corrected chi connectivity index (χ2v) is 6.45. The monoisotopic (exact) mass is 374 g/mol. The van der Waals surface area contributed by atoms with E-state index in [0.717, 1.165) is 0 Å². The van der Waals surface area contributed by atoms with Crippen molar-refractivity contribution in [1.82, 2.24) is 34.8 Å². The average Bonchev–Trinajstić information content (AvgIpc) is 3.26. The number of nitrogens with one attached hydrogen (secondary N) is 2. The average molecular weight is 375 g/mol. The van der Waals surface area contributed by atoms with Crippen LogP contribution in [-0.4, -0.2) is 35.6 Å². The van der Waals surface area contributed by atoms with Gasteiger partial charge in [-0.1, -0.05) is 11.6 Å². The van der Waals surface area contributed by atoms with Gasteiger partial charge in [-0.2, -0.15) is 5.10 Å². The minimum Gasteiger partial charge on any atom is -0.328 e. The van der Waals surface area contributed by atoms with Gasteiger partial charge >= 0.3 is 6.03 Å². The fraction of sp³-hybridized carbons (Fsp3) is 0.312. The Kier molecular flexibility index (Phi) is 5.17. The van der Waals surface area contributed by atoms with Gasteiger partial charge in [0.25, 0.3) is 0 Å². The molecule has 2 aromatic heterocycles. The molecule has 136 valence electrons. The number of benzene rings is 1. The van der Waals surface area contributed by atoms with Gasteiger partial charge < -0.3 is 15.2 Å². The van der Waals surface area contributed by atoms with E-state index >= 15 is 0 Å². The molecule has 9 nitrogen and oxygen atoms in total. The number of aromatic nitrogens is 6. The maximum atomic E-state index is 12.5. The number of nitrogens with zero attached hydrogens (tertiary/aromatic N) is 6. The summed E-state index contributed by atoms with van der Waals surface area (Å²) in [6.45, 7) is 5.89. The van der Waals surface area contributed by atoms with Crippen LogP contribution in [0.1, 0.15) is 38.7 Å². The second kappa shape index (κ2) is 7.52. The highest BCUT2D eigenvalue weighted by atomic mass is 35.5. The Morgan fingerprint density at radius 1 is 1.23 bits per heavy atom. The first kappa shape index (κ1) is 17.9. The molecule has 0 bridgehead atoms. The summed E-state index contributed by atoms with van der Waals surface area (Å²) < 4.78 is 3.45. The van der Waals surface area contributed by atoms with E-state index in [1.165, 1.54) is 6.33 Å². The lowest BCUT2D eigenvalue weighted by molar-refractivity contribution is 0.248. The van der Waals surface area contributed by atoms with Crippen LogP contribution in [0.2, 0.25) is 5.02 Å². The fourth-order valence-electron chi connectivity index (χ4n) is 2.52. The molecule has 2 heterocycles. The molecule has 0 unspecified atom stereocenters. The predicted molar refractivity (Wildman–Crippen MR) is 97.3 cm³/mol. The van der Waals surface area contributed by atoms with Gasteiger partial charge in [-0.15, -0.1) is 10.2 Å². The van der Waals surface area contributed by atoms with E-state index < -0.39 is 0 Å². The largest absolute Gasteiger partial charge is 0.328 e. The third-order valence-corrected chi connectivity index (χ3v) is 4.00. The van der Waals surface area contributed by atoms with E-state index in [9.17, 15) is 4.79 Å². The summed E-state index contributed by atoms with van der Waals surface area (Å²) in [6, 6.07) is 4.60. The summed E-state index contributed by atoms with van der Waals surface area (Å²) in [5.41, 5.74) is 1.16. The molecule has 0 saturated carbocycles. The van der Waals surface area contributed by atoms with Gasteiger partial charge in [-0.25, -0.2) is 14.5 Å². The normalized spacial score (nSPS) is 12.2. The lowest BCUT2D eigenvalue weighted by Gasteiger charge is -2.18. The Hall–Kier alpha value is -2.94. The van der Waals surface area contributed by atoms with Gasteiger partial charge in [0.05, 0.1) is 17.4 Å². The number of rotatable bonds is 5. The molecule has 26 heavy (non-hydrogen) atoms. The third-order valence-electron chi connectivity index (χ3n) is 3.76. The summed E-state index contributed by atoms with van der Waals surface area (Å²) in [7, 11) is 0. The van der Waals surface area contributed by atoms with Gasteiger partial charge in [-0.05, 0) is 39.0 Å². The number of anilines is 1. The summed E-state index contributed by atoms with van der Waals surface area (Å²) in [5.74, 6) is 0.678. The molecule has 3 rings (SSSR count). The van der Waals surface area contributed by atoms with Crippen molar-refractivity contribution in [2.24, 2.45) is 0 Å². The van der Waals surface area contributed by atoms with Crippen molar-refractivity contribution >= 4 is 23.3 Å². The maximum Gasteiger partial charge on any atom is 0.319 e. The van der Waals surface area contributed by atoms with Crippen LogP contribution in [0.4, 0.5) is 10.5 Å². The molecule has 10 heteroatoms. The van der Waals surface area contributed by atoms with Crippen molar-refractivity contribution in [2.45, 2.75) is 32.9 Å². The first-order valence-corrected chi connectivity index (χ1v) is 8.45.